The molecule has 0 saturated heterocycles. The highest BCUT2D eigenvalue weighted by atomic mass is 32.2. The molecule has 25 heavy (non-hydrogen) atoms. The Morgan fingerprint density at radius 1 is 1.04 bits per heavy atom. The topological polar surface area (TPSA) is 86.2 Å². The molecule has 5 nitrogen and oxygen atoms in total. The first-order valence-corrected chi connectivity index (χ1v) is 8.78. The van der Waals surface area contributed by atoms with Gasteiger partial charge in [0.15, 0.2) is 4.90 Å². The molecule has 8 heteroatoms. The van der Waals surface area contributed by atoms with Gasteiger partial charge >= 0.3 is 0 Å². The number of sulfonamides is 1. The van der Waals surface area contributed by atoms with Crippen LogP contribution in [0.2, 0.25) is 0 Å². The van der Waals surface area contributed by atoms with E-state index >= 15 is 0 Å². The number of aromatic nitrogens is 1. The predicted octanol–water partition coefficient (Wildman–Crippen LogP) is 3.55. The Labute approximate surface area is 143 Å². The zero-order valence-electron chi connectivity index (χ0n) is 13.4. The summed E-state index contributed by atoms with van der Waals surface area (Å²) in [6.07, 6.45) is 0. The van der Waals surface area contributed by atoms with Crippen LogP contribution in [0.4, 0.5) is 8.78 Å². The highest BCUT2D eigenvalue weighted by Crippen LogP contribution is 2.36. The van der Waals surface area contributed by atoms with Crippen LogP contribution in [0.25, 0.3) is 22.4 Å². The highest BCUT2D eigenvalue weighted by molar-refractivity contribution is 7.89. The van der Waals surface area contributed by atoms with Crippen LogP contribution in [0.15, 0.2) is 45.8 Å². The summed E-state index contributed by atoms with van der Waals surface area (Å²) < 4.78 is 56.2. The average Bonchev–Trinajstić information content (AvgIpc) is 2.86. The van der Waals surface area contributed by atoms with Crippen molar-refractivity contribution < 1.29 is 21.7 Å². The quantitative estimate of drug-likeness (QED) is 0.770. The molecule has 0 amide bonds. The predicted molar refractivity (Wildman–Crippen MR) is 88.1 cm³/mol. The van der Waals surface area contributed by atoms with Crippen molar-refractivity contribution >= 4 is 10.0 Å². The number of aryl methyl sites for hydroxylation is 2. The Balaban J connectivity index is 2.24. The molecule has 3 rings (SSSR count). The smallest absolute Gasteiger partial charge is 0.243 e. The van der Waals surface area contributed by atoms with Gasteiger partial charge in [0.05, 0.1) is 5.56 Å². The summed E-state index contributed by atoms with van der Waals surface area (Å²) in [6, 6.07) is 9.18. The van der Waals surface area contributed by atoms with E-state index in [1.54, 1.807) is 13.0 Å². The van der Waals surface area contributed by atoms with E-state index in [2.05, 4.69) is 5.16 Å². The Kier molecular flexibility index (Phi) is 4.18. The van der Waals surface area contributed by atoms with Crippen LogP contribution in [0.5, 0.6) is 0 Å². The maximum Gasteiger partial charge on any atom is 0.243 e. The molecule has 0 spiro atoms. The van der Waals surface area contributed by atoms with Crippen molar-refractivity contribution in [2.45, 2.75) is 18.7 Å². The van der Waals surface area contributed by atoms with Crippen LogP contribution in [0, 0.1) is 25.5 Å². The lowest BCUT2D eigenvalue weighted by Gasteiger charge is -2.08. The zero-order valence-corrected chi connectivity index (χ0v) is 14.2. The maximum absolute atomic E-state index is 14.2. The molecule has 0 fully saturated rings. The minimum Gasteiger partial charge on any atom is -0.360 e. The van der Waals surface area contributed by atoms with E-state index in [-0.39, 0.29) is 5.56 Å². The van der Waals surface area contributed by atoms with E-state index < -0.39 is 26.6 Å². The number of hydrogen-bond donors (Lipinski definition) is 1. The van der Waals surface area contributed by atoms with Crippen molar-refractivity contribution in [1.29, 1.82) is 0 Å². The van der Waals surface area contributed by atoms with Gasteiger partial charge in [-0.15, -0.1) is 0 Å². The van der Waals surface area contributed by atoms with Gasteiger partial charge < -0.3 is 4.52 Å². The largest absolute Gasteiger partial charge is 0.360 e. The average molecular weight is 364 g/mol. The third kappa shape index (κ3) is 3.18. The number of benzene rings is 2. The molecule has 0 aliphatic rings. The molecule has 2 N–H and O–H groups in total. The number of rotatable bonds is 3. The van der Waals surface area contributed by atoms with E-state index in [4.69, 9.17) is 9.66 Å². The lowest BCUT2D eigenvalue weighted by atomic mass is 9.98. The Bertz CT molecular complexity index is 1050. The number of nitrogens with zero attached hydrogens (tertiary/aromatic N) is 1. The second-order valence-corrected chi connectivity index (χ2v) is 7.14. The van der Waals surface area contributed by atoms with Crippen molar-refractivity contribution in [1.82, 2.24) is 5.16 Å². The fourth-order valence-electron chi connectivity index (χ4n) is 2.68. The van der Waals surface area contributed by atoms with Crippen molar-refractivity contribution in [3.8, 4) is 22.4 Å². The fraction of sp³-hybridized carbons (Fsp3) is 0.118. The first kappa shape index (κ1) is 17.2. The number of nitrogens with two attached hydrogens (primary N) is 1. The highest BCUT2D eigenvalue weighted by Gasteiger charge is 2.24. The van der Waals surface area contributed by atoms with Gasteiger partial charge in [0, 0.05) is 5.56 Å². The molecular weight excluding hydrogens is 350 g/mol. The Hall–Kier alpha value is -2.58. The fourth-order valence-corrected chi connectivity index (χ4v) is 3.34. The molecule has 0 bridgehead atoms. The van der Waals surface area contributed by atoms with Gasteiger partial charge in [-0.25, -0.2) is 22.3 Å². The zero-order chi connectivity index (χ0) is 18.4. The minimum atomic E-state index is -4.52. The van der Waals surface area contributed by atoms with Gasteiger partial charge in [0.25, 0.3) is 0 Å². The van der Waals surface area contributed by atoms with Crippen LogP contribution in [0.3, 0.4) is 0 Å². The summed E-state index contributed by atoms with van der Waals surface area (Å²) in [5.41, 5.74) is 2.58. The van der Waals surface area contributed by atoms with Crippen LogP contribution in [-0.4, -0.2) is 13.6 Å². The molecule has 0 aliphatic carbocycles. The molecule has 0 atom stereocenters. The van der Waals surface area contributed by atoms with E-state index in [1.807, 2.05) is 25.1 Å². The van der Waals surface area contributed by atoms with Gasteiger partial charge in [-0.2, -0.15) is 0 Å². The summed E-state index contributed by atoms with van der Waals surface area (Å²) in [7, 11) is -4.52. The summed E-state index contributed by atoms with van der Waals surface area (Å²) in [5.74, 6) is -2.19. The molecule has 1 aromatic heterocycles. The molecule has 130 valence electrons. The molecular formula is C17H14F2N2O3S. The minimum absolute atomic E-state index is 0.109. The summed E-state index contributed by atoms with van der Waals surface area (Å²) >= 11 is 0. The molecule has 0 unspecified atom stereocenters. The van der Waals surface area contributed by atoms with Crippen LogP contribution >= 0.6 is 0 Å². The summed E-state index contributed by atoms with van der Waals surface area (Å²) in [4.78, 5) is -1.16. The first-order valence-electron chi connectivity index (χ1n) is 7.24. The van der Waals surface area contributed by atoms with Gasteiger partial charge in [0.1, 0.15) is 23.1 Å². The normalized spacial score (nSPS) is 11.7. The monoisotopic (exact) mass is 364 g/mol. The van der Waals surface area contributed by atoms with Crippen molar-refractivity contribution in [3.63, 3.8) is 0 Å². The maximum atomic E-state index is 14.2. The standard InChI is InChI=1S/C17H14F2N2O3S/c1-9-4-3-5-11(6-9)16-15(10(2)24-21-16)12-7-13(18)17(14(19)8-12)25(20,22)23/h3-8H,1-2H3,(H2,20,22,23). The van der Waals surface area contributed by atoms with Gasteiger partial charge in [-0.05, 0) is 37.6 Å². The molecule has 0 aliphatic heterocycles. The Morgan fingerprint density at radius 2 is 1.68 bits per heavy atom. The number of primary sulfonamides is 1. The van der Waals surface area contributed by atoms with Gasteiger partial charge in [0.2, 0.25) is 10.0 Å². The van der Waals surface area contributed by atoms with Crippen molar-refractivity contribution in [2.24, 2.45) is 5.14 Å². The lowest BCUT2D eigenvalue weighted by molar-refractivity contribution is 0.400. The SMILES string of the molecule is Cc1cccc(-c2noc(C)c2-c2cc(F)c(S(N)(=O)=O)c(F)c2)c1. The van der Waals surface area contributed by atoms with Gasteiger partial charge in [-0.3, -0.25) is 0 Å². The van der Waals surface area contributed by atoms with Crippen LogP contribution in [0.1, 0.15) is 11.3 Å². The van der Waals surface area contributed by atoms with E-state index in [1.165, 1.54) is 0 Å². The molecule has 1 heterocycles. The van der Waals surface area contributed by atoms with Crippen molar-refractivity contribution in [2.75, 3.05) is 0 Å². The van der Waals surface area contributed by atoms with E-state index in [0.29, 0.717) is 22.6 Å². The second-order valence-electron chi connectivity index (χ2n) is 5.65. The van der Waals surface area contributed by atoms with Crippen molar-refractivity contribution in [3.05, 3.63) is 59.4 Å². The Morgan fingerprint density at radius 3 is 2.24 bits per heavy atom. The van der Waals surface area contributed by atoms with Crippen LogP contribution < -0.4 is 5.14 Å². The molecule has 0 radical (unpaired) electrons. The molecule has 0 saturated carbocycles. The van der Waals surface area contributed by atoms with Gasteiger partial charge in [-0.1, -0.05) is 28.9 Å². The second kappa shape index (κ2) is 6.05. The molecule has 2 aromatic carbocycles. The van der Waals surface area contributed by atoms with E-state index in [9.17, 15) is 17.2 Å². The number of halogens is 2. The summed E-state index contributed by atoms with van der Waals surface area (Å²) in [6.45, 7) is 3.50. The lowest BCUT2D eigenvalue weighted by Crippen LogP contribution is -2.16. The number of hydrogen-bond acceptors (Lipinski definition) is 4. The molecule has 3 aromatic rings. The first-order chi connectivity index (χ1) is 11.7. The summed E-state index contributed by atoms with van der Waals surface area (Å²) in [5, 5.41) is 8.83. The van der Waals surface area contributed by atoms with E-state index in [0.717, 1.165) is 17.7 Å². The third-order valence-corrected chi connectivity index (χ3v) is 4.68. The third-order valence-electron chi connectivity index (χ3n) is 3.73. The van der Waals surface area contributed by atoms with Crippen LogP contribution in [-0.2, 0) is 10.0 Å².